The predicted octanol–water partition coefficient (Wildman–Crippen LogP) is 8.92. The SMILES string of the molecule is CCCCCCCCCCCCOCC(=O)OC1C(CC2CCN(Cc3ccccc3)CC2)=Cc2cc(OC)c(OC)cc21. The Morgan fingerprint density at radius 3 is 2.14 bits per heavy atom. The summed E-state index contributed by atoms with van der Waals surface area (Å²) in [4.78, 5) is 15.5. The Kier molecular flexibility index (Phi) is 14.6. The molecule has 4 rings (SSSR count). The lowest BCUT2D eigenvalue weighted by Gasteiger charge is -2.33. The van der Waals surface area contributed by atoms with Crippen LogP contribution in [0.5, 0.6) is 11.5 Å². The van der Waals surface area contributed by atoms with E-state index in [-0.39, 0.29) is 12.6 Å². The van der Waals surface area contributed by atoms with Gasteiger partial charge in [-0.05, 0) is 73.5 Å². The Hall–Kier alpha value is -2.83. The van der Waals surface area contributed by atoms with Crippen LogP contribution in [0, 0.1) is 5.92 Å². The highest BCUT2D eigenvalue weighted by atomic mass is 16.6. The number of carbonyl (C=O) groups is 1. The van der Waals surface area contributed by atoms with Crippen LogP contribution < -0.4 is 9.47 Å². The molecular weight excluding hydrogens is 550 g/mol. The van der Waals surface area contributed by atoms with Crippen molar-refractivity contribution in [3.8, 4) is 11.5 Å². The third kappa shape index (κ3) is 10.7. The number of nitrogens with zero attached hydrogens (tertiary/aromatic N) is 1. The zero-order valence-electron chi connectivity index (χ0n) is 27.5. The first-order valence-electron chi connectivity index (χ1n) is 17.1. The summed E-state index contributed by atoms with van der Waals surface area (Å²) in [6, 6.07) is 14.7. The van der Waals surface area contributed by atoms with Crippen LogP contribution in [0.3, 0.4) is 0 Å². The second kappa shape index (κ2) is 18.9. The van der Waals surface area contributed by atoms with Gasteiger partial charge in [-0.1, -0.05) is 101 Å². The molecule has 0 radical (unpaired) electrons. The highest BCUT2D eigenvalue weighted by Gasteiger charge is 2.33. The molecule has 44 heavy (non-hydrogen) atoms. The van der Waals surface area contributed by atoms with E-state index in [1.807, 2.05) is 12.1 Å². The molecule has 0 N–H and O–H groups in total. The molecular formula is C38H55NO5. The van der Waals surface area contributed by atoms with Gasteiger partial charge in [-0.25, -0.2) is 4.79 Å². The van der Waals surface area contributed by atoms with E-state index in [2.05, 4.69) is 48.2 Å². The number of hydrogen-bond donors (Lipinski definition) is 0. The fourth-order valence-corrected chi connectivity index (χ4v) is 6.58. The molecule has 1 aliphatic carbocycles. The van der Waals surface area contributed by atoms with Crippen molar-refractivity contribution < 1.29 is 23.7 Å². The molecule has 242 valence electrons. The minimum atomic E-state index is -0.416. The molecule has 1 unspecified atom stereocenters. The van der Waals surface area contributed by atoms with Gasteiger partial charge in [0.25, 0.3) is 0 Å². The Balaban J connectivity index is 1.24. The first-order chi connectivity index (χ1) is 21.6. The maximum atomic E-state index is 13.0. The summed E-state index contributed by atoms with van der Waals surface area (Å²) in [6.07, 6.45) is 17.7. The zero-order chi connectivity index (χ0) is 31.0. The maximum Gasteiger partial charge on any atom is 0.333 e. The highest BCUT2D eigenvalue weighted by molar-refractivity contribution is 5.75. The van der Waals surface area contributed by atoms with Crippen molar-refractivity contribution >= 4 is 12.0 Å². The number of methoxy groups -OCH3 is 2. The number of fused-ring (bicyclic) bond motifs is 1. The normalized spacial score (nSPS) is 16.9. The van der Waals surface area contributed by atoms with Crippen LogP contribution in [0.2, 0.25) is 0 Å². The molecule has 1 aliphatic heterocycles. The van der Waals surface area contributed by atoms with Crippen molar-refractivity contribution in [2.24, 2.45) is 5.92 Å². The van der Waals surface area contributed by atoms with Crippen LogP contribution in [0.15, 0.2) is 48.0 Å². The number of unbranched alkanes of at least 4 members (excludes halogenated alkanes) is 9. The first kappa shape index (κ1) is 34.1. The average Bonchev–Trinajstić information content (AvgIpc) is 3.37. The molecule has 2 aromatic carbocycles. The van der Waals surface area contributed by atoms with Crippen molar-refractivity contribution in [2.45, 2.75) is 103 Å². The van der Waals surface area contributed by atoms with Crippen LogP contribution in [0.4, 0.5) is 0 Å². The van der Waals surface area contributed by atoms with Crippen LogP contribution in [0.1, 0.15) is 113 Å². The van der Waals surface area contributed by atoms with Gasteiger partial charge < -0.3 is 18.9 Å². The molecule has 2 aromatic rings. The Bertz CT molecular complexity index is 1160. The largest absolute Gasteiger partial charge is 0.493 e. The summed E-state index contributed by atoms with van der Waals surface area (Å²) in [5, 5.41) is 0. The van der Waals surface area contributed by atoms with Crippen LogP contribution in [-0.2, 0) is 20.8 Å². The number of carbonyl (C=O) groups excluding carboxylic acids is 1. The van der Waals surface area contributed by atoms with Crippen LogP contribution in [-0.4, -0.2) is 51.4 Å². The van der Waals surface area contributed by atoms with Crippen LogP contribution in [0.25, 0.3) is 6.08 Å². The highest BCUT2D eigenvalue weighted by Crippen LogP contribution is 2.45. The molecule has 1 atom stereocenters. The smallest absolute Gasteiger partial charge is 0.333 e. The number of hydrogen-bond acceptors (Lipinski definition) is 6. The Morgan fingerprint density at radius 2 is 1.48 bits per heavy atom. The number of rotatable bonds is 20. The standard InChI is InChI=1S/C38H55NO5/c1-4-5-6-7-8-9-10-11-12-16-23-43-29-37(40)44-38-33(25-32-26-35(41-2)36(42-3)27-34(32)38)24-30-19-21-39(22-20-30)28-31-17-14-13-15-18-31/h13-15,17-18,25-27,30,38H,4-12,16,19-24,28-29H2,1-3H3. The predicted molar refractivity (Wildman–Crippen MR) is 178 cm³/mol. The van der Waals surface area contributed by atoms with Crippen molar-refractivity contribution in [2.75, 3.05) is 40.5 Å². The van der Waals surface area contributed by atoms with Gasteiger partial charge in [0.05, 0.1) is 14.2 Å². The topological polar surface area (TPSA) is 57.2 Å². The van der Waals surface area contributed by atoms with Gasteiger partial charge >= 0.3 is 5.97 Å². The minimum Gasteiger partial charge on any atom is -0.493 e. The maximum absolute atomic E-state index is 13.0. The van der Waals surface area contributed by atoms with E-state index in [4.69, 9.17) is 18.9 Å². The summed E-state index contributed by atoms with van der Waals surface area (Å²) < 4.78 is 23.0. The van der Waals surface area contributed by atoms with Crippen LogP contribution >= 0.6 is 0 Å². The molecule has 0 bridgehead atoms. The van der Waals surface area contributed by atoms with Crippen molar-refractivity contribution in [3.05, 3.63) is 64.7 Å². The summed E-state index contributed by atoms with van der Waals surface area (Å²) >= 11 is 0. The minimum absolute atomic E-state index is 0.0122. The fraction of sp³-hybridized carbons (Fsp3) is 0.605. The zero-order valence-corrected chi connectivity index (χ0v) is 27.5. The van der Waals surface area contributed by atoms with E-state index in [0.29, 0.717) is 24.0 Å². The number of esters is 1. The van der Waals surface area contributed by atoms with E-state index in [9.17, 15) is 4.79 Å². The molecule has 0 aromatic heterocycles. The molecule has 0 spiro atoms. The van der Waals surface area contributed by atoms with Gasteiger partial charge in [-0.3, -0.25) is 4.90 Å². The van der Waals surface area contributed by atoms with Gasteiger partial charge in [-0.15, -0.1) is 0 Å². The van der Waals surface area contributed by atoms with Gasteiger partial charge in [0, 0.05) is 18.7 Å². The average molecular weight is 606 g/mol. The van der Waals surface area contributed by atoms with E-state index in [1.54, 1.807) is 14.2 Å². The number of benzene rings is 2. The van der Waals surface area contributed by atoms with E-state index in [1.165, 1.54) is 56.9 Å². The first-order valence-corrected chi connectivity index (χ1v) is 17.1. The summed E-state index contributed by atoms with van der Waals surface area (Å²) in [6.45, 7) is 6.01. The van der Waals surface area contributed by atoms with E-state index >= 15 is 0 Å². The molecule has 6 nitrogen and oxygen atoms in total. The lowest BCUT2D eigenvalue weighted by Crippen LogP contribution is -2.33. The number of likely N-dealkylation sites (tertiary alicyclic amines) is 1. The van der Waals surface area contributed by atoms with Gasteiger partial charge in [0.1, 0.15) is 12.7 Å². The molecule has 2 aliphatic rings. The quantitative estimate of drug-likeness (QED) is 0.111. The summed E-state index contributed by atoms with van der Waals surface area (Å²) in [7, 11) is 3.29. The molecule has 0 amide bonds. The van der Waals surface area contributed by atoms with Crippen molar-refractivity contribution in [3.63, 3.8) is 0 Å². The van der Waals surface area contributed by atoms with Crippen molar-refractivity contribution in [1.82, 2.24) is 4.90 Å². The van der Waals surface area contributed by atoms with Crippen molar-refractivity contribution in [1.29, 1.82) is 0 Å². The monoisotopic (exact) mass is 605 g/mol. The van der Waals surface area contributed by atoms with Gasteiger partial charge in [-0.2, -0.15) is 0 Å². The second-order valence-electron chi connectivity index (χ2n) is 12.6. The second-order valence-corrected chi connectivity index (χ2v) is 12.6. The summed E-state index contributed by atoms with van der Waals surface area (Å²) in [5.74, 6) is 1.57. The lowest BCUT2D eigenvalue weighted by molar-refractivity contribution is -0.153. The Morgan fingerprint density at radius 1 is 0.841 bits per heavy atom. The number of piperidine rings is 1. The third-order valence-corrected chi connectivity index (χ3v) is 9.14. The molecule has 1 saturated heterocycles. The van der Waals surface area contributed by atoms with E-state index in [0.717, 1.165) is 68.4 Å². The fourth-order valence-electron chi connectivity index (χ4n) is 6.58. The number of ether oxygens (including phenoxy) is 4. The lowest BCUT2D eigenvalue weighted by atomic mass is 9.88. The molecule has 0 saturated carbocycles. The summed E-state index contributed by atoms with van der Waals surface area (Å²) in [5.41, 5.74) is 4.51. The molecule has 1 fully saturated rings. The van der Waals surface area contributed by atoms with Gasteiger partial charge in [0.2, 0.25) is 0 Å². The third-order valence-electron chi connectivity index (χ3n) is 9.14. The molecule has 6 heteroatoms. The Labute approximate surface area is 266 Å². The molecule has 1 heterocycles. The van der Waals surface area contributed by atoms with Gasteiger partial charge in [0.15, 0.2) is 11.5 Å². The van der Waals surface area contributed by atoms with E-state index < -0.39 is 6.10 Å².